The molecule has 0 atom stereocenters. The summed E-state index contributed by atoms with van der Waals surface area (Å²) in [5.74, 6) is 0. The van der Waals surface area contributed by atoms with Gasteiger partial charge in [-0.3, -0.25) is 0 Å². The summed E-state index contributed by atoms with van der Waals surface area (Å²) in [6.45, 7) is 0. The van der Waals surface area contributed by atoms with Crippen molar-refractivity contribution in [2.45, 2.75) is 0 Å². The molecule has 10 heavy (non-hydrogen) atoms. The Morgan fingerprint density at radius 2 is 1.80 bits per heavy atom. The van der Waals surface area contributed by atoms with Gasteiger partial charge in [-0.15, -0.1) is 0 Å². The zero-order valence-corrected chi connectivity index (χ0v) is 6.32. The fourth-order valence-electron chi connectivity index (χ4n) is 0.606. The summed E-state index contributed by atoms with van der Waals surface area (Å²) in [4.78, 5) is 0. The van der Waals surface area contributed by atoms with E-state index < -0.39 is 0 Å². The fourth-order valence-corrected chi connectivity index (χ4v) is 0.606. The third-order valence-corrected chi connectivity index (χ3v) is 1.01. The quantitative estimate of drug-likeness (QED) is 0.299. The van der Waals surface area contributed by atoms with Crippen LogP contribution in [-0.2, 0) is 17.1 Å². The molecule has 0 spiro atoms. The summed E-state index contributed by atoms with van der Waals surface area (Å²) in [7, 11) is 0. The maximum absolute atomic E-state index is 8.09. The van der Waals surface area contributed by atoms with Gasteiger partial charge >= 0.3 is 0 Å². The molecular formula is C7H7FeNO. The average molecular weight is 177 g/mol. The molecule has 1 N–H and O–H groups in total. The molecule has 54 valence electrons. The van der Waals surface area contributed by atoms with E-state index in [9.17, 15) is 0 Å². The van der Waals surface area contributed by atoms with Crippen LogP contribution in [0.3, 0.4) is 0 Å². The molecule has 0 saturated carbocycles. The van der Waals surface area contributed by atoms with Crippen molar-refractivity contribution in [2.24, 2.45) is 5.16 Å². The van der Waals surface area contributed by atoms with E-state index >= 15 is 0 Å². The summed E-state index contributed by atoms with van der Waals surface area (Å²) >= 11 is 0. The van der Waals surface area contributed by atoms with Gasteiger partial charge < -0.3 is 5.21 Å². The minimum absolute atomic E-state index is 0. The number of hydrogen-bond acceptors (Lipinski definition) is 2. The topological polar surface area (TPSA) is 32.6 Å². The Kier molecular flexibility index (Phi) is 4.63. The predicted octanol–water partition coefficient (Wildman–Crippen LogP) is 1.49. The van der Waals surface area contributed by atoms with Crippen molar-refractivity contribution in [3.05, 3.63) is 35.9 Å². The number of hydrogen-bond donors (Lipinski definition) is 1. The molecule has 0 fully saturated rings. The van der Waals surface area contributed by atoms with Gasteiger partial charge in [0.15, 0.2) is 0 Å². The van der Waals surface area contributed by atoms with Crippen molar-refractivity contribution in [1.29, 1.82) is 0 Å². The zero-order valence-electron chi connectivity index (χ0n) is 5.21. The molecule has 3 heteroatoms. The molecule has 0 bridgehead atoms. The van der Waals surface area contributed by atoms with Crippen LogP contribution in [0.4, 0.5) is 0 Å². The van der Waals surface area contributed by atoms with Gasteiger partial charge in [-0.1, -0.05) is 35.5 Å². The van der Waals surface area contributed by atoms with Crippen LogP contribution in [0.25, 0.3) is 0 Å². The molecular weight excluding hydrogens is 170 g/mol. The third-order valence-electron chi connectivity index (χ3n) is 1.01. The number of oxime groups is 1. The van der Waals surface area contributed by atoms with E-state index in [1.165, 1.54) is 6.21 Å². The van der Waals surface area contributed by atoms with E-state index in [-0.39, 0.29) is 17.1 Å². The van der Waals surface area contributed by atoms with Crippen LogP contribution in [0.5, 0.6) is 0 Å². The first-order valence-corrected chi connectivity index (χ1v) is 2.66. The maximum Gasteiger partial charge on any atom is 0.0733 e. The summed E-state index contributed by atoms with van der Waals surface area (Å²) in [5.41, 5.74) is 0.903. The molecule has 0 amide bonds. The Hall–Kier alpha value is -0.791. The maximum atomic E-state index is 8.09. The number of benzene rings is 1. The summed E-state index contributed by atoms with van der Waals surface area (Å²) < 4.78 is 0. The Bertz CT molecular complexity index is 198. The van der Waals surface area contributed by atoms with Gasteiger partial charge in [-0.25, -0.2) is 0 Å². The van der Waals surface area contributed by atoms with Crippen molar-refractivity contribution in [3.8, 4) is 0 Å². The molecule has 0 heterocycles. The van der Waals surface area contributed by atoms with Crippen molar-refractivity contribution in [2.75, 3.05) is 0 Å². The minimum Gasteiger partial charge on any atom is -0.411 e. The Morgan fingerprint density at radius 1 is 1.20 bits per heavy atom. The van der Waals surface area contributed by atoms with Crippen LogP contribution in [0, 0.1) is 0 Å². The second-order valence-electron chi connectivity index (χ2n) is 1.66. The predicted molar refractivity (Wildman–Crippen MR) is 35.8 cm³/mol. The Morgan fingerprint density at radius 3 is 2.30 bits per heavy atom. The number of rotatable bonds is 1. The van der Waals surface area contributed by atoms with E-state index in [1.54, 1.807) is 0 Å². The molecule has 0 aliphatic heterocycles. The van der Waals surface area contributed by atoms with E-state index in [0.29, 0.717) is 0 Å². The van der Waals surface area contributed by atoms with Gasteiger partial charge in [0.25, 0.3) is 0 Å². The van der Waals surface area contributed by atoms with E-state index in [0.717, 1.165) is 5.56 Å². The largest absolute Gasteiger partial charge is 0.411 e. The number of nitrogens with zero attached hydrogens (tertiary/aromatic N) is 1. The molecule has 2 nitrogen and oxygen atoms in total. The van der Waals surface area contributed by atoms with Crippen LogP contribution < -0.4 is 0 Å². The van der Waals surface area contributed by atoms with Crippen molar-refractivity contribution in [1.82, 2.24) is 0 Å². The zero-order chi connectivity index (χ0) is 6.53. The van der Waals surface area contributed by atoms with Crippen molar-refractivity contribution < 1.29 is 22.3 Å². The second kappa shape index (κ2) is 5.03. The van der Waals surface area contributed by atoms with Crippen LogP contribution in [0.1, 0.15) is 5.56 Å². The second-order valence-corrected chi connectivity index (χ2v) is 1.66. The molecule has 0 radical (unpaired) electrons. The molecule has 1 aromatic carbocycles. The SMILES string of the molecule is O/N=C/c1ccccc1.[Fe]. The molecule has 1 aromatic rings. The first kappa shape index (κ1) is 9.21. The van der Waals surface area contributed by atoms with Gasteiger partial charge in [-0.05, 0) is 5.56 Å². The normalized spacial score (nSPS) is 9.20. The van der Waals surface area contributed by atoms with Gasteiger partial charge in [0, 0.05) is 17.1 Å². The smallest absolute Gasteiger partial charge is 0.0733 e. The Balaban J connectivity index is 0.000000810. The van der Waals surface area contributed by atoms with Gasteiger partial charge in [-0.2, -0.15) is 0 Å². The van der Waals surface area contributed by atoms with E-state index in [2.05, 4.69) is 5.16 Å². The average Bonchev–Trinajstić information content (AvgIpc) is 1.91. The summed E-state index contributed by atoms with van der Waals surface area (Å²) in [6.07, 6.45) is 1.39. The third kappa shape index (κ3) is 2.67. The van der Waals surface area contributed by atoms with Crippen LogP contribution in [0.2, 0.25) is 0 Å². The van der Waals surface area contributed by atoms with Crippen LogP contribution >= 0.6 is 0 Å². The van der Waals surface area contributed by atoms with E-state index in [4.69, 9.17) is 5.21 Å². The molecule has 0 saturated heterocycles. The van der Waals surface area contributed by atoms with Crippen molar-refractivity contribution >= 4 is 6.21 Å². The van der Waals surface area contributed by atoms with Crippen LogP contribution in [-0.4, -0.2) is 11.4 Å². The molecule has 0 aromatic heterocycles. The molecule has 0 unspecified atom stereocenters. The molecule has 1 rings (SSSR count). The molecule has 0 aliphatic carbocycles. The summed E-state index contributed by atoms with van der Waals surface area (Å²) in [6, 6.07) is 9.40. The monoisotopic (exact) mass is 177 g/mol. The first-order valence-electron chi connectivity index (χ1n) is 2.66. The van der Waals surface area contributed by atoms with E-state index in [1.807, 2.05) is 30.3 Å². The van der Waals surface area contributed by atoms with Gasteiger partial charge in [0.1, 0.15) is 0 Å². The molecule has 0 aliphatic rings. The minimum atomic E-state index is 0. The standard InChI is InChI=1S/C7H7NO.Fe/c9-8-6-7-4-2-1-3-5-7;/h1-6,9H;/b8-6+;. The Labute approximate surface area is 70.0 Å². The first-order chi connectivity index (χ1) is 4.43. The van der Waals surface area contributed by atoms with Gasteiger partial charge in [0.2, 0.25) is 0 Å². The van der Waals surface area contributed by atoms with Crippen molar-refractivity contribution in [3.63, 3.8) is 0 Å². The van der Waals surface area contributed by atoms with Crippen LogP contribution in [0.15, 0.2) is 35.5 Å². The van der Waals surface area contributed by atoms with Gasteiger partial charge in [0.05, 0.1) is 6.21 Å². The fraction of sp³-hybridized carbons (Fsp3) is 0. The summed E-state index contributed by atoms with van der Waals surface area (Å²) in [5, 5.41) is 11.0.